The van der Waals surface area contributed by atoms with E-state index >= 15 is 0 Å². The summed E-state index contributed by atoms with van der Waals surface area (Å²) in [6.45, 7) is -0.531. The van der Waals surface area contributed by atoms with E-state index < -0.39 is 61.6 Å². The molecule has 0 fully saturated rings. The zero-order chi connectivity index (χ0) is 22.0. The molecule has 2 aromatic rings. The Labute approximate surface area is 165 Å². The minimum atomic E-state index is -4.77. The molecule has 29 heavy (non-hydrogen) atoms. The Morgan fingerprint density at radius 2 is 1.66 bits per heavy atom. The molecule has 0 atom stereocenters. The maximum Gasteiger partial charge on any atom is 0.417 e. The average Bonchev–Trinajstić information content (AvgIpc) is 2.59. The summed E-state index contributed by atoms with van der Waals surface area (Å²) in [7, 11) is -4.27. The predicted molar refractivity (Wildman–Crippen MR) is 90.1 cm³/mol. The molecular weight excluding hydrogens is 450 g/mol. The number of carbonyl (C=O) groups is 1. The first-order chi connectivity index (χ1) is 13.2. The zero-order valence-corrected chi connectivity index (χ0v) is 15.7. The van der Waals surface area contributed by atoms with E-state index in [-0.39, 0.29) is 5.56 Å². The second-order valence-corrected chi connectivity index (χ2v) is 8.09. The lowest BCUT2D eigenvalue weighted by molar-refractivity contribution is -0.138. The molecular formula is C16H11ClF6N2O3S. The molecule has 2 rings (SSSR count). The van der Waals surface area contributed by atoms with Crippen LogP contribution in [0.3, 0.4) is 0 Å². The van der Waals surface area contributed by atoms with Gasteiger partial charge < -0.3 is 5.32 Å². The molecule has 1 aromatic heterocycles. The number of halogens is 7. The lowest BCUT2D eigenvalue weighted by atomic mass is 10.1. The summed E-state index contributed by atoms with van der Waals surface area (Å²) in [6, 6.07) is 3.88. The van der Waals surface area contributed by atoms with Crippen molar-refractivity contribution in [2.45, 2.75) is 17.4 Å². The van der Waals surface area contributed by atoms with Crippen molar-refractivity contribution in [2.24, 2.45) is 0 Å². The molecule has 5 nitrogen and oxygen atoms in total. The maximum atomic E-state index is 12.7. The fourth-order valence-electron chi connectivity index (χ4n) is 2.14. The van der Waals surface area contributed by atoms with E-state index in [9.17, 15) is 39.6 Å². The molecule has 0 bridgehead atoms. The van der Waals surface area contributed by atoms with Crippen molar-refractivity contribution in [1.82, 2.24) is 10.3 Å². The standard InChI is InChI=1S/C16H11ClF6N2O3S/c17-12-7-11(16(21,22)23)8-25-14(12)29(27,28)5-4-24-13(26)9-2-1-3-10(6-9)15(18,19)20/h1-3,6-8H,4-5H2,(H,24,26). The summed E-state index contributed by atoms with van der Waals surface area (Å²) < 4.78 is 100. The van der Waals surface area contributed by atoms with Crippen molar-refractivity contribution >= 4 is 27.3 Å². The average molecular weight is 461 g/mol. The van der Waals surface area contributed by atoms with Gasteiger partial charge in [-0.3, -0.25) is 4.79 Å². The lowest BCUT2D eigenvalue weighted by Crippen LogP contribution is -2.29. The van der Waals surface area contributed by atoms with Gasteiger partial charge in [0.2, 0.25) is 0 Å². The van der Waals surface area contributed by atoms with Gasteiger partial charge in [0, 0.05) is 18.3 Å². The summed E-state index contributed by atoms with van der Waals surface area (Å²) in [4.78, 5) is 15.2. The van der Waals surface area contributed by atoms with Gasteiger partial charge in [0.25, 0.3) is 5.91 Å². The molecule has 0 aliphatic heterocycles. The van der Waals surface area contributed by atoms with E-state index in [1.807, 2.05) is 0 Å². The van der Waals surface area contributed by atoms with Crippen LogP contribution in [0.15, 0.2) is 41.6 Å². The lowest BCUT2D eigenvalue weighted by Gasteiger charge is -2.11. The number of nitrogens with zero attached hydrogens (tertiary/aromatic N) is 1. The van der Waals surface area contributed by atoms with Gasteiger partial charge in [0.15, 0.2) is 14.9 Å². The smallest absolute Gasteiger partial charge is 0.351 e. The van der Waals surface area contributed by atoms with Crippen LogP contribution in [0.4, 0.5) is 26.3 Å². The summed E-state index contributed by atoms with van der Waals surface area (Å²) in [5, 5.41) is 0.571. The van der Waals surface area contributed by atoms with E-state index in [0.29, 0.717) is 18.3 Å². The number of sulfone groups is 1. The van der Waals surface area contributed by atoms with Crippen molar-refractivity contribution in [3.63, 3.8) is 0 Å². The number of aromatic nitrogens is 1. The van der Waals surface area contributed by atoms with Crippen LogP contribution in [0.25, 0.3) is 0 Å². The Hall–Kier alpha value is -2.34. The van der Waals surface area contributed by atoms with Gasteiger partial charge in [-0.2, -0.15) is 26.3 Å². The molecule has 13 heteroatoms. The Morgan fingerprint density at radius 1 is 1.03 bits per heavy atom. The number of alkyl halides is 6. The number of hydrogen-bond donors (Lipinski definition) is 1. The van der Waals surface area contributed by atoms with Gasteiger partial charge in [-0.05, 0) is 24.3 Å². The van der Waals surface area contributed by atoms with Crippen LogP contribution < -0.4 is 5.32 Å². The number of carbonyl (C=O) groups excluding carboxylic acids is 1. The molecule has 1 N–H and O–H groups in total. The first-order valence-corrected chi connectivity index (χ1v) is 9.66. The van der Waals surface area contributed by atoms with Crippen molar-refractivity contribution in [2.75, 3.05) is 12.3 Å². The summed E-state index contributed by atoms with van der Waals surface area (Å²) in [5.74, 6) is -1.74. The monoisotopic (exact) mass is 460 g/mol. The summed E-state index contributed by atoms with van der Waals surface area (Å²) in [6.07, 6.45) is -9.12. The molecule has 0 unspecified atom stereocenters. The van der Waals surface area contributed by atoms with E-state index in [1.165, 1.54) is 0 Å². The number of hydrogen-bond acceptors (Lipinski definition) is 4. The Balaban J connectivity index is 2.07. The summed E-state index contributed by atoms with van der Waals surface area (Å²) in [5.41, 5.74) is -2.64. The Morgan fingerprint density at radius 3 is 2.21 bits per heavy atom. The van der Waals surface area contributed by atoms with Crippen molar-refractivity contribution in [3.8, 4) is 0 Å². The van der Waals surface area contributed by atoms with E-state index in [1.54, 1.807) is 0 Å². The highest BCUT2D eigenvalue weighted by molar-refractivity contribution is 7.91. The van der Waals surface area contributed by atoms with Crippen molar-refractivity contribution < 1.29 is 39.6 Å². The molecule has 1 aromatic carbocycles. The Bertz CT molecular complexity index is 1020. The molecule has 1 heterocycles. The largest absolute Gasteiger partial charge is 0.417 e. The van der Waals surface area contributed by atoms with Crippen LogP contribution in [0.5, 0.6) is 0 Å². The van der Waals surface area contributed by atoms with Crippen LogP contribution in [0.2, 0.25) is 5.02 Å². The molecule has 0 saturated heterocycles. The quantitative estimate of drug-likeness (QED) is 0.685. The predicted octanol–water partition coefficient (Wildman–Crippen LogP) is 3.98. The third-order valence-electron chi connectivity index (χ3n) is 3.54. The highest BCUT2D eigenvalue weighted by Crippen LogP contribution is 2.32. The van der Waals surface area contributed by atoms with Crippen LogP contribution in [0, 0.1) is 0 Å². The molecule has 158 valence electrons. The second-order valence-electron chi connectivity index (χ2n) is 5.66. The third kappa shape index (κ3) is 5.82. The topological polar surface area (TPSA) is 76.1 Å². The number of benzene rings is 1. The number of pyridine rings is 1. The molecule has 0 aliphatic carbocycles. The van der Waals surface area contributed by atoms with Gasteiger partial charge in [0.1, 0.15) is 0 Å². The SMILES string of the molecule is O=C(NCCS(=O)(=O)c1ncc(C(F)(F)F)cc1Cl)c1cccc(C(F)(F)F)c1. The van der Waals surface area contributed by atoms with E-state index in [2.05, 4.69) is 10.3 Å². The minimum absolute atomic E-state index is 0.306. The Kier molecular flexibility index (Phi) is 6.48. The van der Waals surface area contributed by atoms with Crippen LogP contribution in [-0.4, -0.2) is 31.6 Å². The van der Waals surface area contributed by atoms with E-state index in [4.69, 9.17) is 11.6 Å². The van der Waals surface area contributed by atoms with Crippen LogP contribution in [0.1, 0.15) is 21.5 Å². The van der Waals surface area contributed by atoms with Gasteiger partial charge in [0.05, 0.1) is 21.9 Å². The number of rotatable bonds is 5. The summed E-state index contributed by atoms with van der Waals surface area (Å²) >= 11 is 5.58. The highest BCUT2D eigenvalue weighted by atomic mass is 35.5. The van der Waals surface area contributed by atoms with Gasteiger partial charge in [-0.1, -0.05) is 17.7 Å². The normalized spacial score (nSPS) is 12.7. The zero-order valence-electron chi connectivity index (χ0n) is 14.1. The first kappa shape index (κ1) is 22.9. The first-order valence-electron chi connectivity index (χ1n) is 7.63. The molecule has 0 aliphatic rings. The molecule has 0 spiro atoms. The maximum absolute atomic E-state index is 12.7. The van der Waals surface area contributed by atoms with Gasteiger partial charge in [-0.25, -0.2) is 13.4 Å². The molecule has 0 radical (unpaired) electrons. The molecule has 1 amide bonds. The minimum Gasteiger partial charge on any atom is -0.351 e. The van der Waals surface area contributed by atoms with Gasteiger partial charge in [-0.15, -0.1) is 0 Å². The van der Waals surface area contributed by atoms with Crippen molar-refractivity contribution in [1.29, 1.82) is 0 Å². The fourth-order valence-corrected chi connectivity index (χ4v) is 3.80. The number of amides is 1. The van der Waals surface area contributed by atoms with Gasteiger partial charge >= 0.3 is 12.4 Å². The van der Waals surface area contributed by atoms with E-state index in [0.717, 1.165) is 18.2 Å². The van der Waals surface area contributed by atoms with Crippen LogP contribution in [-0.2, 0) is 22.2 Å². The third-order valence-corrected chi connectivity index (χ3v) is 5.59. The van der Waals surface area contributed by atoms with Crippen molar-refractivity contribution in [3.05, 3.63) is 58.2 Å². The van der Waals surface area contributed by atoms with Crippen LogP contribution >= 0.6 is 11.6 Å². The second kappa shape index (κ2) is 8.19. The molecule has 0 saturated carbocycles. The highest BCUT2D eigenvalue weighted by Gasteiger charge is 2.33. The number of nitrogens with one attached hydrogen (secondary N) is 1. The fraction of sp³-hybridized carbons (Fsp3) is 0.250.